The van der Waals surface area contributed by atoms with Crippen LogP contribution in [0.25, 0.3) is 0 Å². The molecule has 1 aromatic carbocycles. The maximum Gasteiger partial charge on any atom is 0.410 e. The average molecular weight is 615 g/mol. The Morgan fingerprint density at radius 1 is 1.07 bits per heavy atom. The number of halogens is 2. The molecule has 4 atom stereocenters. The van der Waals surface area contributed by atoms with Crippen molar-refractivity contribution in [2.45, 2.75) is 122 Å². The molecule has 2 bridgehead atoms. The minimum absolute atomic E-state index is 0.101. The Morgan fingerprint density at radius 2 is 1.73 bits per heavy atom. The number of ether oxygens (including phenoxy) is 1. The Morgan fingerprint density at radius 3 is 2.34 bits per heavy atom. The zero-order valence-electron chi connectivity index (χ0n) is 26.9. The van der Waals surface area contributed by atoms with Gasteiger partial charge in [-0.25, -0.2) is 13.6 Å². The standard InChI is InChI=1S/C33H48F2N6O3/c1-21(2)29-38-37-22(3)41(29)27-16-25-12-13-26(17-27)40(25)15-14-28(23-10-8-7-9-11-23)36-30(42)24-18-33(34,35)20-39(19-24)31(43)44-32(4,5)6/h7-11,21,24-28H,12-20H2,1-6H3,(H,36,42). The van der Waals surface area contributed by atoms with E-state index < -0.39 is 42.4 Å². The van der Waals surface area contributed by atoms with Crippen molar-refractivity contribution in [3.8, 4) is 0 Å². The van der Waals surface area contributed by atoms with Gasteiger partial charge in [-0.15, -0.1) is 10.2 Å². The lowest BCUT2D eigenvalue weighted by Gasteiger charge is -2.41. The number of likely N-dealkylation sites (tertiary alicyclic amines) is 1. The van der Waals surface area contributed by atoms with Gasteiger partial charge in [0.1, 0.15) is 17.2 Å². The lowest BCUT2D eigenvalue weighted by atomic mass is 9.93. The van der Waals surface area contributed by atoms with E-state index in [4.69, 9.17) is 4.74 Å². The van der Waals surface area contributed by atoms with Crippen molar-refractivity contribution in [2.75, 3.05) is 19.6 Å². The minimum Gasteiger partial charge on any atom is -0.444 e. The SMILES string of the molecule is Cc1nnc(C(C)C)n1C1CC2CCC(C1)N2CCC(NC(=O)C1CN(C(=O)OC(C)(C)C)CC(F)(F)C1)c1ccccc1. The number of aromatic nitrogens is 3. The first kappa shape index (κ1) is 32.3. The molecular weight excluding hydrogens is 566 g/mol. The van der Waals surface area contributed by atoms with E-state index in [1.54, 1.807) is 20.8 Å². The van der Waals surface area contributed by atoms with Gasteiger partial charge in [0.05, 0.1) is 18.5 Å². The summed E-state index contributed by atoms with van der Waals surface area (Å²) in [6.45, 7) is 11.4. The zero-order chi connectivity index (χ0) is 31.8. The predicted molar refractivity (Wildman–Crippen MR) is 163 cm³/mol. The van der Waals surface area contributed by atoms with Crippen LogP contribution in [-0.2, 0) is 9.53 Å². The molecule has 44 heavy (non-hydrogen) atoms. The van der Waals surface area contributed by atoms with Crippen LogP contribution in [0, 0.1) is 12.8 Å². The van der Waals surface area contributed by atoms with Crippen LogP contribution in [0.1, 0.15) is 108 Å². The van der Waals surface area contributed by atoms with Gasteiger partial charge in [0, 0.05) is 43.6 Å². The third-order valence-corrected chi connectivity index (χ3v) is 9.26. The lowest BCUT2D eigenvalue weighted by molar-refractivity contribution is -0.137. The van der Waals surface area contributed by atoms with E-state index in [9.17, 15) is 18.4 Å². The highest BCUT2D eigenvalue weighted by atomic mass is 19.3. The Kier molecular flexibility index (Phi) is 9.35. The molecule has 2 amide bonds. The second-order valence-corrected chi connectivity index (χ2v) is 14.3. The number of nitrogens with one attached hydrogen (secondary N) is 1. The Labute approximate surface area is 259 Å². The monoisotopic (exact) mass is 614 g/mol. The lowest BCUT2D eigenvalue weighted by Crippen LogP contribution is -2.54. The van der Waals surface area contributed by atoms with Gasteiger partial charge < -0.3 is 19.5 Å². The number of fused-ring (bicyclic) bond motifs is 2. The van der Waals surface area contributed by atoms with Crippen molar-refractivity contribution in [3.63, 3.8) is 0 Å². The van der Waals surface area contributed by atoms with Gasteiger partial charge in [-0.1, -0.05) is 44.2 Å². The summed E-state index contributed by atoms with van der Waals surface area (Å²) in [6.07, 6.45) is 3.59. The number of alkyl halides is 2. The van der Waals surface area contributed by atoms with E-state index in [1.807, 2.05) is 37.3 Å². The topological polar surface area (TPSA) is 92.6 Å². The van der Waals surface area contributed by atoms with Crippen LogP contribution in [0.2, 0.25) is 0 Å². The molecule has 5 rings (SSSR count). The number of piperidine rings is 2. The molecule has 4 unspecified atom stereocenters. The third kappa shape index (κ3) is 7.41. The van der Waals surface area contributed by atoms with E-state index >= 15 is 0 Å². The van der Waals surface area contributed by atoms with Crippen molar-refractivity contribution < 1.29 is 23.1 Å². The quantitative estimate of drug-likeness (QED) is 0.391. The third-order valence-electron chi connectivity index (χ3n) is 9.26. The molecule has 242 valence electrons. The summed E-state index contributed by atoms with van der Waals surface area (Å²) in [7, 11) is 0. The number of hydrogen-bond acceptors (Lipinski definition) is 6. The van der Waals surface area contributed by atoms with Crippen LogP contribution in [0.3, 0.4) is 0 Å². The highest BCUT2D eigenvalue weighted by Gasteiger charge is 2.46. The molecule has 0 radical (unpaired) electrons. The predicted octanol–water partition coefficient (Wildman–Crippen LogP) is 6.02. The normalized spacial score (nSPS) is 26.1. The molecular formula is C33H48F2N6O3. The Balaban J connectivity index is 1.26. The first-order valence-corrected chi connectivity index (χ1v) is 16.1. The Bertz CT molecular complexity index is 1300. The van der Waals surface area contributed by atoms with E-state index in [-0.39, 0.29) is 12.6 Å². The highest BCUT2D eigenvalue weighted by molar-refractivity contribution is 5.80. The average Bonchev–Trinajstić information content (AvgIpc) is 3.44. The molecule has 3 fully saturated rings. The van der Waals surface area contributed by atoms with Gasteiger partial charge in [0.15, 0.2) is 0 Å². The van der Waals surface area contributed by atoms with Gasteiger partial charge in [-0.05, 0) is 65.4 Å². The maximum atomic E-state index is 14.8. The number of benzene rings is 1. The minimum atomic E-state index is -3.18. The van der Waals surface area contributed by atoms with E-state index in [0.717, 1.165) is 54.3 Å². The number of carbonyl (C=O) groups is 2. The van der Waals surface area contributed by atoms with Crippen molar-refractivity contribution >= 4 is 12.0 Å². The summed E-state index contributed by atoms with van der Waals surface area (Å²) in [6, 6.07) is 10.6. The maximum absolute atomic E-state index is 14.8. The van der Waals surface area contributed by atoms with Crippen LogP contribution in [0.15, 0.2) is 30.3 Å². The Hall–Kier alpha value is -3.08. The zero-order valence-corrected chi connectivity index (χ0v) is 26.9. The van der Waals surface area contributed by atoms with Crippen molar-refractivity contribution in [3.05, 3.63) is 47.5 Å². The van der Waals surface area contributed by atoms with Crippen LogP contribution in [-0.4, -0.2) is 79.8 Å². The molecule has 1 N–H and O–H groups in total. The fraction of sp³-hybridized carbons (Fsp3) is 0.697. The first-order chi connectivity index (χ1) is 20.7. The molecule has 0 saturated carbocycles. The van der Waals surface area contributed by atoms with Crippen molar-refractivity contribution in [1.29, 1.82) is 0 Å². The van der Waals surface area contributed by atoms with Crippen LogP contribution in [0.5, 0.6) is 0 Å². The molecule has 1 aromatic heterocycles. The summed E-state index contributed by atoms with van der Waals surface area (Å²) in [5.41, 5.74) is 0.121. The van der Waals surface area contributed by atoms with Crippen LogP contribution in [0.4, 0.5) is 13.6 Å². The summed E-state index contributed by atoms with van der Waals surface area (Å²) >= 11 is 0. The summed E-state index contributed by atoms with van der Waals surface area (Å²) in [5.74, 6) is -2.35. The number of nitrogens with zero attached hydrogens (tertiary/aromatic N) is 5. The van der Waals surface area contributed by atoms with Crippen LogP contribution < -0.4 is 5.32 Å². The fourth-order valence-corrected chi connectivity index (χ4v) is 7.37. The number of carbonyl (C=O) groups excluding carboxylic acids is 2. The summed E-state index contributed by atoms with van der Waals surface area (Å²) in [5, 5.41) is 11.9. The molecule has 0 spiro atoms. The number of hydrogen-bond donors (Lipinski definition) is 1. The van der Waals surface area contributed by atoms with Crippen molar-refractivity contribution in [2.24, 2.45) is 5.92 Å². The van der Waals surface area contributed by atoms with E-state index in [1.165, 1.54) is 0 Å². The molecule has 9 nitrogen and oxygen atoms in total. The molecule has 4 heterocycles. The number of aryl methyl sites for hydroxylation is 1. The smallest absolute Gasteiger partial charge is 0.410 e. The fourth-order valence-electron chi connectivity index (χ4n) is 7.37. The van der Waals surface area contributed by atoms with Gasteiger partial charge in [0.25, 0.3) is 5.92 Å². The highest BCUT2D eigenvalue weighted by Crippen LogP contribution is 2.42. The van der Waals surface area contributed by atoms with E-state index in [0.29, 0.717) is 30.5 Å². The first-order valence-electron chi connectivity index (χ1n) is 16.1. The molecule has 2 aromatic rings. The van der Waals surface area contributed by atoms with Gasteiger partial charge in [0.2, 0.25) is 5.91 Å². The van der Waals surface area contributed by atoms with Gasteiger partial charge in [-0.3, -0.25) is 9.69 Å². The van der Waals surface area contributed by atoms with E-state index in [2.05, 4.69) is 38.8 Å². The molecule has 3 aliphatic heterocycles. The largest absolute Gasteiger partial charge is 0.444 e. The molecule has 3 aliphatic rings. The summed E-state index contributed by atoms with van der Waals surface area (Å²) in [4.78, 5) is 29.8. The second kappa shape index (κ2) is 12.7. The van der Waals surface area contributed by atoms with Gasteiger partial charge in [-0.2, -0.15) is 0 Å². The van der Waals surface area contributed by atoms with Gasteiger partial charge >= 0.3 is 6.09 Å². The molecule has 11 heteroatoms. The van der Waals surface area contributed by atoms with Crippen LogP contribution >= 0.6 is 0 Å². The number of rotatable bonds is 8. The molecule has 3 saturated heterocycles. The number of amides is 2. The molecule has 0 aliphatic carbocycles. The van der Waals surface area contributed by atoms with Crippen molar-refractivity contribution in [1.82, 2.24) is 29.9 Å². The second-order valence-electron chi connectivity index (χ2n) is 14.3. The summed E-state index contributed by atoms with van der Waals surface area (Å²) < 4.78 is 37.3.